The van der Waals surface area contributed by atoms with Gasteiger partial charge in [-0.3, -0.25) is 4.79 Å². The van der Waals surface area contributed by atoms with Crippen LogP contribution in [0.4, 0.5) is 0 Å². The molecule has 1 aliphatic rings. The van der Waals surface area contributed by atoms with Crippen molar-refractivity contribution in [2.45, 2.75) is 38.1 Å². The first-order chi connectivity index (χ1) is 9.55. The van der Waals surface area contributed by atoms with E-state index in [9.17, 15) is 4.79 Å². The highest BCUT2D eigenvalue weighted by Crippen LogP contribution is 2.36. The minimum Gasteiger partial charge on any atom is -0.381 e. The van der Waals surface area contributed by atoms with Gasteiger partial charge in [0.15, 0.2) is 0 Å². The molecular weight excluding hydrogens is 252 g/mol. The molecule has 1 aromatic rings. The van der Waals surface area contributed by atoms with Gasteiger partial charge in [0.2, 0.25) is 5.91 Å². The lowest BCUT2D eigenvalue weighted by Crippen LogP contribution is -2.48. The standard InChI is InChI=1S/C16H24N2O2/c1-12-5-3-4-6-14(12)16(7-9-20-10-8-16)11-18-15(19)13(2)17/h3-6,13H,7-11,17H2,1-2H3,(H,18,19)/t13-/m0/s1. The Morgan fingerprint density at radius 2 is 2.05 bits per heavy atom. The Morgan fingerprint density at radius 1 is 1.40 bits per heavy atom. The number of aryl methyl sites for hydroxylation is 1. The van der Waals surface area contributed by atoms with Crippen LogP contribution in [0.15, 0.2) is 24.3 Å². The molecule has 0 aliphatic carbocycles. The van der Waals surface area contributed by atoms with Gasteiger partial charge >= 0.3 is 0 Å². The van der Waals surface area contributed by atoms with Crippen molar-refractivity contribution in [3.63, 3.8) is 0 Å². The number of benzene rings is 1. The Kier molecular flexibility index (Phi) is 4.78. The second-order valence-electron chi connectivity index (χ2n) is 5.71. The zero-order valence-corrected chi connectivity index (χ0v) is 12.3. The van der Waals surface area contributed by atoms with Crippen molar-refractivity contribution in [1.29, 1.82) is 0 Å². The van der Waals surface area contributed by atoms with Crippen LogP contribution in [-0.2, 0) is 14.9 Å². The number of carbonyl (C=O) groups is 1. The third-order valence-corrected chi connectivity index (χ3v) is 4.18. The van der Waals surface area contributed by atoms with Crippen LogP contribution < -0.4 is 11.1 Å². The van der Waals surface area contributed by atoms with Crippen LogP contribution in [-0.4, -0.2) is 31.7 Å². The van der Waals surface area contributed by atoms with Gasteiger partial charge in [0.25, 0.3) is 0 Å². The molecule has 0 unspecified atom stereocenters. The van der Waals surface area contributed by atoms with Crippen LogP contribution in [0.1, 0.15) is 30.9 Å². The van der Waals surface area contributed by atoms with E-state index in [1.807, 2.05) is 6.07 Å². The zero-order chi connectivity index (χ0) is 14.6. The fourth-order valence-electron chi connectivity index (χ4n) is 2.89. The van der Waals surface area contributed by atoms with Crippen LogP contribution >= 0.6 is 0 Å². The van der Waals surface area contributed by atoms with Crippen LogP contribution in [0.3, 0.4) is 0 Å². The maximum atomic E-state index is 11.8. The van der Waals surface area contributed by atoms with Crippen molar-refractivity contribution in [1.82, 2.24) is 5.32 Å². The SMILES string of the molecule is Cc1ccccc1C1(CNC(=O)[C@H](C)N)CCOCC1. The first kappa shape index (κ1) is 15.0. The van der Waals surface area contributed by atoms with Gasteiger partial charge in [0.1, 0.15) is 0 Å². The fraction of sp³-hybridized carbons (Fsp3) is 0.562. The molecule has 4 heteroatoms. The molecule has 1 amide bonds. The maximum absolute atomic E-state index is 11.8. The first-order valence-corrected chi connectivity index (χ1v) is 7.22. The minimum absolute atomic E-state index is 0.0336. The van der Waals surface area contributed by atoms with E-state index in [-0.39, 0.29) is 11.3 Å². The summed E-state index contributed by atoms with van der Waals surface area (Å²) in [4.78, 5) is 11.8. The lowest BCUT2D eigenvalue weighted by molar-refractivity contribution is -0.122. The predicted octanol–water partition coefficient (Wildman–Crippen LogP) is 1.51. The number of amides is 1. The molecule has 0 spiro atoms. The van der Waals surface area contributed by atoms with Crippen LogP contribution in [0.5, 0.6) is 0 Å². The summed E-state index contributed by atoms with van der Waals surface area (Å²) in [7, 11) is 0. The van der Waals surface area contributed by atoms with Crippen LogP contribution in [0.25, 0.3) is 0 Å². The lowest BCUT2D eigenvalue weighted by Gasteiger charge is -2.39. The van der Waals surface area contributed by atoms with Crippen molar-refractivity contribution in [3.05, 3.63) is 35.4 Å². The largest absolute Gasteiger partial charge is 0.381 e. The topological polar surface area (TPSA) is 64.4 Å². The quantitative estimate of drug-likeness (QED) is 0.876. The Balaban J connectivity index is 2.22. The molecule has 0 radical (unpaired) electrons. The molecule has 20 heavy (non-hydrogen) atoms. The second-order valence-corrected chi connectivity index (χ2v) is 5.71. The monoisotopic (exact) mass is 276 g/mol. The van der Waals surface area contributed by atoms with Crippen LogP contribution in [0.2, 0.25) is 0 Å². The molecule has 0 aromatic heterocycles. The summed E-state index contributed by atoms with van der Waals surface area (Å²) in [5.74, 6) is -0.0931. The summed E-state index contributed by atoms with van der Waals surface area (Å²) < 4.78 is 5.50. The van der Waals surface area contributed by atoms with E-state index in [4.69, 9.17) is 10.5 Å². The van der Waals surface area contributed by atoms with Crippen molar-refractivity contribution < 1.29 is 9.53 Å². The van der Waals surface area contributed by atoms with Gasteiger partial charge < -0.3 is 15.8 Å². The van der Waals surface area contributed by atoms with Crippen molar-refractivity contribution >= 4 is 5.91 Å². The average molecular weight is 276 g/mol. The van der Waals surface area contributed by atoms with E-state index >= 15 is 0 Å². The molecular formula is C16H24N2O2. The van der Waals surface area contributed by atoms with Gasteiger partial charge in [0.05, 0.1) is 6.04 Å². The van der Waals surface area contributed by atoms with E-state index in [1.165, 1.54) is 11.1 Å². The summed E-state index contributed by atoms with van der Waals surface area (Å²) in [6.45, 7) is 5.94. The lowest BCUT2D eigenvalue weighted by atomic mass is 9.72. The molecule has 0 bridgehead atoms. The molecule has 1 atom stereocenters. The fourth-order valence-corrected chi connectivity index (χ4v) is 2.89. The molecule has 3 N–H and O–H groups in total. The number of hydrogen-bond donors (Lipinski definition) is 2. The van der Waals surface area contributed by atoms with Crippen LogP contribution in [0, 0.1) is 6.92 Å². The minimum atomic E-state index is -0.469. The Hall–Kier alpha value is -1.39. The van der Waals surface area contributed by atoms with E-state index in [1.54, 1.807) is 6.92 Å². The van der Waals surface area contributed by atoms with E-state index in [0.29, 0.717) is 6.54 Å². The molecule has 2 rings (SSSR count). The number of carbonyl (C=O) groups excluding carboxylic acids is 1. The molecule has 1 aliphatic heterocycles. The van der Waals surface area contributed by atoms with Gasteiger partial charge in [-0.25, -0.2) is 0 Å². The molecule has 4 nitrogen and oxygen atoms in total. The first-order valence-electron chi connectivity index (χ1n) is 7.22. The van der Waals surface area contributed by atoms with Crippen molar-refractivity contribution in [3.8, 4) is 0 Å². The van der Waals surface area contributed by atoms with E-state index in [0.717, 1.165) is 26.1 Å². The van der Waals surface area contributed by atoms with Gasteiger partial charge in [-0.1, -0.05) is 24.3 Å². The Morgan fingerprint density at radius 3 is 2.65 bits per heavy atom. The van der Waals surface area contributed by atoms with Gasteiger partial charge in [-0.15, -0.1) is 0 Å². The molecule has 1 saturated heterocycles. The molecule has 110 valence electrons. The van der Waals surface area contributed by atoms with Gasteiger partial charge in [-0.2, -0.15) is 0 Å². The third-order valence-electron chi connectivity index (χ3n) is 4.18. The van der Waals surface area contributed by atoms with Crippen molar-refractivity contribution in [2.24, 2.45) is 5.73 Å². The number of nitrogens with one attached hydrogen (secondary N) is 1. The van der Waals surface area contributed by atoms with Crippen molar-refractivity contribution in [2.75, 3.05) is 19.8 Å². The van der Waals surface area contributed by atoms with E-state index in [2.05, 4.69) is 30.4 Å². The smallest absolute Gasteiger partial charge is 0.236 e. The number of ether oxygens (including phenoxy) is 1. The highest BCUT2D eigenvalue weighted by Gasteiger charge is 2.35. The highest BCUT2D eigenvalue weighted by molar-refractivity contribution is 5.81. The third kappa shape index (κ3) is 3.19. The number of nitrogens with two attached hydrogens (primary N) is 1. The molecule has 1 fully saturated rings. The summed E-state index contributed by atoms with van der Waals surface area (Å²) in [6.07, 6.45) is 1.86. The summed E-state index contributed by atoms with van der Waals surface area (Å²) in [5.41, 5.74) is 8.17. The molecule has 1 aromatic carbocycles. The maximum Gasteiger partial charge on any atom is 0.236 e. The Bertz CT molecular complexity index is 465. The summed E-state index contributed by atoms with van der Waals surface area (Å²) >= 11 is 0. The normalized spacial score (nSPS) is 19.4. The summed E-state index contributed by atoms with van der Waals surface area (Å²) in [6, 6.07) is 7.93. The highest BCUT2D eigenvalue weighted by atomic mass is 16.5. The number of hydrogen-bond acceptors (Lipinski definition) is 3. The predicted molar refractivity (Wildman–Crippen MR) is 79.6 cm³/mol. The second kappa shape index (κ2) is 6.37. The Labute approximate surface area is 120 Å². The van der Waals surface area contributed by atoms with E-state index < -0.39 is 6.04 Å². The van der Waals surface area contributed by atoms with Gasteiger partial charge in [0, 0.05) is 25.2 Å². The average Bonchev–Trinajstić information content (AvgIpc) is 2.46. The summed E-state index contributed by atoms with van der Waals surface area (Å²) in [5, 5.41) is 3.00. The molecule has 0 saturated carbocycles. The van der Waals surface area contributed by atoms with Gasteiger partial charge in [-0.05, 0) is 37.8 Å². The zero-order valence-electron chi connectivity index (χ0n) is 12.3. The number of rotatable bonds is 4. The molecule has 1 heterocycles.